The van der Waals surface area contributed by atoms with Gasteiger partial charge < -0.3 is 15.4 Å². The minimum Gasteiger partial charge on any atom is -0.444 e. The van der Waals surface area contributed by atoms with Crippen LogP contribution in [0.25, 0.3) is 0 Å². The van der Waals surface area contributed by atoms with Crippen LogP contribution in [0.4, 0.5) is 4.79 Å². The quantitative estimate of drug-likeness (QED) is 0.808. The lowest BCUT2D eigenvalue weighted by atomic mass is 10.0. The van der Waals surface area contributed by atoms with Gasteiger partial charge in [-0.1, -0.05) is 13.8 Å². The fourth-order valence-corrected chi connectivity index (χ4v) is 2.38. The number of nitrogens with two attached hydrogens (primary N) is 1. The number of carbonyl (C=O) groups is 1. The maximum Gasteiger partial charge on any atom is 0.410 e. The normalized spacial score (nSPS) is 28.5. The lowest BCUT2D eigenvalue weighted by Crippen LogP contribution is -2.41. The third-order valence-corrected chi connectivity index (χ3v) is 3.81. The molecule has 2 N–H and O–H groups in total. The fraction of sp³-hybridized carbons (Fsp3) is 0.923. The summed E-state index contributed by atoms with van der Waals surface area (Å²) in [6, 6.07) is 0.275. The molecule has 1 aliphatic rings. The van der Waals surface area contributed by atoms with Crippen LogP contribution in [0, 0.1) is 11.3 Å². The van der Waals surface area contributed by atoms with Crippen LogP contribution in [-0.4, -0.2) is 35.7 Å². The Kier molecular flexibility index (Phi) is 3.50. The average molecular weight is 242 g/mol. The second-order valence-electron chi connectivity index (χ2n) is 6.70. The summed E-state index contributed by atoms with van der Waals surface area (Å²) in [6.07, 6.45) is -0.278. The third-order valence-electron chi connectivity index (χ3n) is 3.81. The van der Waals surface area contributed by atoms with Crippen LogP contribution >= 0.6 is 0 Å². The van der Waals surface area contributed by atoms with Crippen molar-refractivity contribution in [3.05, 3.63) is 0 Å². The first-order valence-corrected chi connectivity index (χ1v) is 6.20. The molecule has 0 aromatic rings. The highest BCUT2D eigenvalue weighted by molar-refractivity contribution is 5.68. The highest BCUT2D eigenvalue weighted by atomic mass is 16.6. The number of hydrogen-bond donors (Lipinski definition) is 1. The smallest absolute Gasteiger partial charge is 0.410 e. The van der Waals surface area contributed by atoms with Crippen molar-refractivity contribution in [2.24, 2.45) is 17.1 Å². The van der Waals surface area contributed by atoms with Gasteiger partial charge in [-0.15, -0.1) is 0 Å². The maximum atomic E-state index is 11.9. The molecule has 100 valence electrons. The van der Waals surface area contributed by atoms with E-state index in [0.717, 1.165) is 0 Å². The third kappa shape index (κ3) is 2.92. The van der Waals surface area contributed by atoms with Gasteiger partial charge in [0.15, 0.2) is 0 Å². The lowest BCUT2D eigenvalue weighted by Gasteiger charge is -2.29. The van der Waals surface area contributed by atoms with Crippen LogP contribution in [0.2, 0.25) is 0 Å². The summed E-state index contributed by atoms with van der Waals surface area (Å²) in [4.78, 5) is 13.6. The first-order valence-electron chi connectivity index (χ1n) is 6.20. The summed E-state index contributed by atoms with van der Waals surface area (Å²) in [6.45, 7) is 11.9. The van der Waals surface area contributed by atoms with Gasteiger partial charge in [-0.05, 0) is 33.1 Å². The van der Waals surface area contributed by atoms with Crippen molar-refractivity contribution in [3.63, 3.8) is 0 Å². The van der Waals surface area contributed by atoms with Crippen LogP contribution in [0.5, 0.6) is 0 Å². The predicted molar refractivity (Wildman–Crippen MR) is 68.7 cm³/mol. The Morgan fingerprint density at radius 3 is 2.12 bits per heavy atom. The molecule has 3 atom stereocenters. The van der Waals surface area contributed by atoms with E-state index in [1.165, 1.54) is 0 Å². The van der Waals surface area contributed by atoms with E-state index in [9.17, 15) is 4.79 Å². The first kappa shape index (κ1) is 14.3. The molecular formula is C13H26N2O2. The summed E-state index contributed by atoms with van der Waals surface area (Å²) >= 11 is 0. The van der Waals surface area contributed by atoms with E-state index >= 15 is 0 Å². The molecule has 0 aromatic heterocycles. The lowest BCUT2D eigenvalue weighted by molar-refractivity contribution is 0.0208. The highest BCUT2D eigenvalue weighted by Gasteiger charge is 2.59. The molecule has 0 radical (unpaired) electrons. The minimum absolute atomic E-state index is 0.106. The SMILES string of the molecule is CC(C1C(N)C1(C)C)N(C)C(=O)OC(C)(C)C. The Morgan fingerprint density at radius 2 is 1.82 bits per heavy atom. The van der Waals surface area contributed by atoms with Gasteiger partial charge in [0.05, 0.1) is 0 Å². The molecule has 1 saturated carbocycles. The van der Waals surface area contributed by atoms with Gasteiger partial charge in [0, 0.05) is 25.0 Å². The molecule has 4 heteroatoms. The molecule has 1 fully saturated rings. The molecule has 1 aliphatic carbocycles. The van der Waals surface area contributed by atoms with E-state index in [1.54, 1.807) is 11.9 Å². The Bertz CT molecular complexity index is 307. The molecule has 0 heterocycles. The second-order valence-corrected chi connectivity index (χ2v) is 6.70. The number of ether oxygens (including phenoxy) is 1. The van der Waals surface area contributed by atoms with Crippen molar-refractivity contribution >= 4 is 6.09 Å². The molecule has 0 spiro atoms. The van der Waals surface area contributed by atoms with Crippen LogP contribution in [-0.2, 0) is 4.74 Å². The van der Waals surface area contributed by atoms with Crippen LogP contribution in [0.1, 0.15) is 41.5 Å². The van der Waals surface area contributed by atoms with E-state index in [1.807, 2.05) is 27.7 Å². The fourth-order valence-electron chi connectivity index (χ4n) is 2.38. The van der Waals surface area contributed by atoms with Crippen molar-refractivity contribution in [2.75, 3.05) is 7.05 Å². The van der Waals surface area contributed by atoms with Crippen LogP contribution in [0.15, 0.2) is 0 Å². The monoisotopic (exact) mass is 242 g/mol. The zero-order valence-electron chi connectivity index (χ0n) is 12.1. The zero-order chi connectivity index (χ0) is 13.6. The van der Waals surface area contributed by atoms with E-state index < -0.39 is 5.60 Å². The predicted octanol–water partition coefficient (Wildman–Crippen LogP) is 2.23. The van der Waals surface area contributed by atoms with E-state index in [2.05, 4.69) is 13.8 Å². The number of hydrogen-bond acceptors (Lipinski definition) is 3. The molecule has 0 aromatic carbocycles. The van der Waals surface area contributed by atoms with Gasteiger partial charge in [-0.3, -0.25) is 0 Å². The number of rotatable bonds is 2. The molecular weight excluding hydrogens is 216 g/mol. The number of amides is 1. The van der Waals surface area contributed by atoms with Gasteiger partial charge in [-0.25, -0.2) is 4.79 Å². The Labute approximate surface area is 104 Å². The summed E-state index contributed by atoms with van der Waals surface area (Å²) in [5, 5.41) is 0. The van der Waals surface area contributed by atoms with Gasteiger partial charge >= 0.3 is 6.09 Å². The maximum absolute atomic E-state index is 11.9. The Balaban J connectivity index is 2.60. The minimum atomic E-state index is -0.452. The number of nitrogens with zero attached hydrogens (tertiary/aromatic N) is 1. The van der Waals surface area contributed by atoms with Gasteiger partial charge in [0.2, 0.25) is 0 Å². The molecule has 0 saturated heterocycles. The molecule has 17 heavy (non-hydrogen) atoms. The van der Waals surface area contributed by atoms with E-state index in [0.29, 0.717) is 5.92 Å². The van der Waals surface area contributed by atoms with Crippen molar-refractivity contribution < 1.29 is 9.53 Å². The standard InChI is InChI=1S/C13H26N2O2/c1-8(9-10(14)13(9,5)6)15(7)11(16)17-12(2,3)4/h8-10H,14H2,1-7H3. The summed E-state index contributed by atoms with van der Waals surface area (Å²) in [7, 11) is 1.78. The van der Waals surface area contributed by atoms with Crippen LogP contribution in [0.3, 0.4) is 0 Å². The second kappa shape index (κ2) is 4.16. The summed E-state index contributed by atoms with van der Waals surface area (Å²) in [5.74, 6) is 0.347. The van der Waals surface area contributed by atoms with Gasteiger partial charge in [0.1, 0.15) is 5.60 Å². The van der Waals surface area contributed by atoms with E-state index in [-0.39, 0.29) is 23.6 Å². The largest absolute Gasteiger partial charge is 0.444 e. The molecule has 4 nitrogen and oxygen atoms in total. The molecule has 0 bridgehead atoms. The Morgan fingerprint density at radius 1 is 1.41 bits per heavy atom. The average Bonchev–Trinajstić information content (AvgIpc) is 2.61. The summed E-state index contributed by atoms with van der Waals surface area (Å²) < 4.78 is 5.35. The Hall–Kier alpha value is -0.770. The first-order chi connectivity index (χ1) is 7.48. The molecule has 1 amide bonds. The topological polar surface area (TPSA) is 55.6 Å². The van der Waals surface area contributed by atoms with Crippen molar-refractivity contribution in [3.8, 4) is 0 Å². The van der Waals surface area contributed by atoms with E-state index in [4.69, 9.17) is 10.5 Å². The summed E-state index contributed by atoms with van der Waals surface area (Å²) in [5.41, 5.74) is 5.70. The highest BCUT2D eigenvalue weighted by Crippen LogP contribution is 2.53. The van der Waals surface area contributed by atoms with Crippen molar-refractivity contribution in [2.45, 2.75) is 59.2 Å². The molecule has 3 unspecified atom stereocenters. The van der Waals surface area contributed by atoms with Gasteiger partial charge in [0.25, 0.3) is 0 Å². The van der Waals surface area contributed by atoms with Crippen LogP contribution < -0.4 is 5.73 Å². The van der Waals surface area contributed by atoms with Crippen molar-refractivity contribution in [1.29, 1.82) is 0 Å². The number of carbonyl (C=O) groups excluding carboxylic acids is 1. The molecule has 1 rings (SSSR count). The van der Waals surface area contributed by atoms with Crippen molar-refractivity contribution in [1.82, 2.24) is 4.90 Å². The van der Waals surface area contributed by atoms with Gasteiger partial charge in [-0.2, -0.15) is 0 Å². The zero-order valence-corrected chi connectivity index (χ0v) is 12.1. The molecule has 0 aliphatic heterocycles.